The van der Waals surface area contributed by atoms with Crippen molar-refractivity contribution >= 4 is 10.1 Å². The van der Waals surface area contributed by atoms with Crippen molar-refractivity contribution in [3.05, 3.63) is 23.8 Å². The van der Waals surface area contributed by atoms with Crippen LogP contribution in [0.25, 0.3) is 0 Å². The molecule has 0 amide bonds. The normalized spacial score (nSPS) is 14.9. The van der Waals surface area contributed by atoms with Crippen LogP contribution in [0.5, 0.6) is 5.75 Å². The zero-order valence-corrected chi connectivity index (χ0v) is 18.1. The molecular formula is C21H36O4S. The molecule has 0 aromatic heterocycles. The number of hydrogen-bond donors (Lipinski definition) is 1. The molecule has 26 heavy (non-hydrogen) atoms. The SMILES string of the molecule is CCCC(C)(CCC)Oc1ccc(C(C)(CC)CCC)cc1S(=O)(=O)O. The number of benzene rings is 1. The van der Waals surface area contributed by atoms with Gasteiger partial charge in [-0.05, 0) is 55.7 Å². The molecule has 1 atom stereocenters. The fourth-order valence-electron chi connectivity index (χ4n) is 3.80. The topological polar surface area (TPSA) is 63.6 Å². The lowest BCUT2D eigenvalue weighted by atomic mass is 9.76. The number of ether oxygens (including phenoxy) is 1. The van der Waals surface area contributed by atoms with E-state index < -0.39 is 15.7 Å². The molecule has 0 heterocycles. The predicted molar refractivity (Wildman–Crippen MR) is 108 cm³/mol. The second kappa shape index (κ2) is 9.23. The van der Waals surface area contributed by atoms with Crippen LogP contribution in [-0.2, 0) is 15.5 Å². The Bertz CT molecular complexity index is 675. The van der Waals surface area contributed by atoms with Gasteiger partial charge in [0, 0.05) is 0 Å². The molecule has 0 fully saturated rings. The molecular weight excluding hydrogens is 348 g/mol. The molecule has 0 radical (unpaired) electrons. The van der Waals surface area contributed by atoms with E-state index in [1.54, 1.807) is 12.1 Å². The van der Waals surface area contributed by atoms with Crippen molar-refractivity contribution in [1.29, 1.82) is 0 Å². The molecule has 1 aromatic rings. The molecule has 0 saturated carbocycles. The third-order valence-corrected chi connectivity index (χ3v) is 6.29. The van der Waals surface area contributed by atoms with Gasteiger partial charge in [0.25, 0.3) is 10.1 Å². The Balaban J connectivity index is 3.42. The third-order valence-electron chi connectivity index (χ3n) is 5.41. The fourth-order valence-corrected chi connectivity index (χ4v) is 4.44. The van der Waals surface area contributed by atoms with Gasteiger partial charge in [-0.15, -0.1) is 0 Å². The Kier molecular flexibility index (Phi) is 8.15. The van der Waals surface area contributed by atoms with Crippen LogP contribution in [0.2, 0.25) is 0 Å². The van der Waals surface area contributed by atoms with Gasteiger partial charge in [-0.1, -0.05) is 59.9 Å². The van der Waals surface area contributed by atoms with Crippen molar-refractivity contribution in [2.24, 2.45) is 0 Å². The summed E-state index contributed by atoms with van der Waals surface area (Å²) in [6, 6.07) is 5.26. The maximum Gasteiger partial charge on any atom is 0.298 e. The van der Waals surface area contributed by atoms with E-state index in [1.165, 1.54) is 0 Å². The van der Waals surface area contributed by atoms with Gasteiger partial charge in [-0.3, -0.25) is 4.55 Å². The average Bonchev–Trinajstić information content (AvgIpc) is 2.54. The van der Waals surface area contributed by atoms with Crippen molar-refractivity contribution in [3.63, 3.8) is 0 Å². The van der Waals surface area contributed by atoms with E-state index in [-0.39, 0.29) is 16.1 Å². The highest BCUT2D eigenvalue weighted by atomic mass is 32.2. The number of rotatable bonds is 11. The third kappa shape index (κ3) is 5.71. The zero-order valence-electron chi connectivity index (χ0n) is 17.3. The summed E-state index contributed by atoms with van der Waals surface area (Å²) in [6.07, 6.45) is 6.41. The van der Waals surface area contributed by atoms with Gasteiger partial charge in [-0.25, -0.2) is 0 Å². The summed E-state index contributed by atoms with van der Waals surface area (Å²) in [7, 11) is -4.37. The van der Waals surface area contributed by atoms with Crippen molar-refractivity contribution in [2.75, 3.05) is 0 Å². The summed E-state index contributed by atoms with van der Waals surface area (Å²) in [5.41, 5.74) is 0.361. The minimum Gasteiger partial charge on any atom is -0.486 e. The fraction of sp³-hybridized carbons (Fsp3) is 0.714. The van der Waals surface area contributed by atoms with Crippen molar-refractivity contribution in [1.82, 2.24) is 0 Å². The maximum absolute atomic E-state index is 12.1. The van der Waals surface area contributed by atoms with Gasteiger partial charge in [0.2, 0.25) is 0 Å². The van der Waals surface area contributed by atoms with Crippen molar-refractivity contribution in [2.45, 2.75) is 102 Å². The molecule has 1 unspecified atom stereocenters. The van der Waals surface area contributed by atoms with Gasteiger partial charge in [0.15, 0.2) is 0 Å². The first kappa shape index (κ1) is 23.0. The molecule has 150 valence electrons. The molecule has 0 aliphatic rings. The molecule has 5 heteroatoms. The molecule has 1 rings (SSSR count). The van der Waals surface area contributed by atoms with Crippen LogP contribution in [0.15, 0.2) is 23.1 Å². The molecule has 0 aliphatic carbocycles. The van der Waals surface area contributed by atoms with Gasteiger partial charge in [0.05, 0.1) is 0 Å². The zero-order chi connectivity index (χ0) is 20.0. The quantitative estimate of drug-likeness (QED) is 0.465. The lowest BCUT2D eigenvalue weighted by Gasteiger charge is -2.32. The lowest BCUT2D eigenvalue weighted by molar-refractivity contribution is 0.0645. The smallest absolute Gasteiger partial charge is 0.298 e. The minimum absolute atomic E-state index is 0.121. The first-order valence-electron chi connectivity index (χ1n) is 9.86. The maximum atomic E-state index is 12.1. The summed E-state index contributed by atoms with van der Waals surface area (Å²) >= 11 is 0. The van der Waals surface area contributed by atoms with E-state index in [0.29, 0.717) is 0 Å². The Morgan fingerprint density at radius 3 is 1.92 bits per heavy atom. The first-order valence-corrected chi connectivity index (χ1v) is 11.3. The monoisotopic (exact) mass is 384 g/mol. The van der Waals surface area contributed by atoms with Gasteiger partial charge in [-0.2, -0.15) is 8.42 Å². The highest BCUT2D eigenvalue weighted by Crippen LogP contribution is 2.38. The second-order valence-electron chi connectivity index (χ2n) is 7.85. The Morgan fingerprint density at radius 1 is 0.962 bits per heavy atom. The summed E-state index contributed by atoms with van der Waals surface area (Å²) in [4.78, 5) is -0.121. The summed E-state index contributed by atoms with van der Waals surface area (Å²) in [6.45, 7) is 12.5. The summed E-state index contributed by atoms with van der Waals surface area (Å²) in [5, 5.41) is 0. The molecule has 1 N–H and O–H groups in total. The van der Waals surface area contributed by atoms with E-state index >= 15 is 0 Å². The molecule has 0 bridgehead atoms. The summed E-state index contributed by atoms with van der Waals surface area (Å²) in [5.74, 6) is 0.246. The van der Waals surface area contributed by atoms with E-state index in [0.717, 1.165) is 50.5 Å². The van der Waals surface area contributed by atoms with E-state index in [2.05, 4.69) is 34.6 Å². The Labute approximate surface area is 160 Å². The molecule has 0 spiro atoms. The molecule has 0 saturated heterocycles. The van der Waals surface area contributed by atoms with Gasteiger partial charge < -0.3 is 4.74 Å². The molecule has 4 nitrogen and oxygen atoms in total. The van der Waals surface area contributed by atoms with Crippen LogP contribution in [0.1, 0.15) is 92.1 Å². The van der Waals surface area contributed by atoms with Crippen LogP contribution in [-0.4, -0.2) is 18.6 Å². The Morgan fingerprint density at radius 2 is 1.50 bits per heavy atom. The second-order valence-corrected chi connectivity index (χ2v) is 9.24. The van der Waals surface area contributed by atoms with Crippen LogP contribution in [0.4, 0.5) is 0 Å². The highest BCUT2D eigenvalue weighted by Gasteiger charge is 2.30. The standard InChI is InChI=1S/C21H36O4S/c1-7-13-20(5,10-4)17-11-12-18(19(16-17)26(22,23)24)25-21(6,14-8-2)15-9-3/h11-12,16H,7-10,13-15H2,1-6H3,(H,22,23,24). The van der Waals surface area contributed by atoms with Crippen LogP contribution >= 0.6 is 0 Å². The minimum atomic E-state index is -4.37. The van der Waals surface area contributed by atoms with E-state index in [1.807, 2.05) is 13.0 Å². The van der Waals surface area contributed by atoms with E-state index in [9.17, 15) is 13.0 Å². The highest BCUT2D eigenvalue weighted by molar-refractivity contribution is 7.86. The lowest BCUT2D eigenvalue weighted by Crippen LogP contribution is -2.32. The van der Waals surface area contributed by atoms with Crippen molar-refractivity contribution in [3.8, 4) is 5.75 Å². The number of hydrogen-bond acceptors (Lipinski definition) is 3. The first-order chi connectivity index (χ1) is 12.0. The predicted octanol–water partition coefficient (Wildman–Crippen LogP) is 6.14. The Hall–Kier alpha value is -1.07. The average molecular weight is 385 g/mol. The molecule has 1 aromatic carbocycles. The van der Waals surface area contributed by atoms with Crippen molar-refractivity contribution < 1.29 is 17.7 Å². The van der Waals surface area contributed by atoms with Crippen LogP contribution in [0, 0.1) is 0 Å². The molecule has 0 aliphatic heterocycles. The largest absolute Gasteiger partial charge is 0.486 e. The van der Waals surface area contributed by atoms with Crippen LogP contribution < -0.4 is 4.74 Å². The van der Waals surface area contributed by atoms with Gasteiger partial charge in [0.1, 0.15) is 16.2 Å². The van der Waals surface area contributed by atoms with Crippen LogP contribution in [0.3, 0.4) is 0 Å². The van der Waals surface area contributed by atoms with Gasteiger partial charge >= 0.3 is 0 Å². The summed E-state index contributed by atoms with van der Waals surface area (Å²) < 4.78 is 40.1. The van der Waals surface area contributed by atoms with E-state index in [4.69, 9.17) is 4.74 Å².